The lowest BCUT2D eigenvalue weighted by molar-refractivity contribution is 1.28. The molecule has 60 valence electrons. The molecule has 0 nitrogen and oxygen atoms in total. The largest absolute Gasteiger partial charge is 0.129 e. The van der Waals surface area contributed by atoms with Crippen molar-refractivity contribution in [3.05, 3.63) is 28.8 Å². The van der Waals surface area contributed by atoms with E-state index in [-0.39, 0.29) is 0 Å². The Labute approximate surface area is 84.5 Å². The maximum atomic E-state index is 5.82. The van der Waals surface area contributed by atoms with Gasteiger partial charge in [-0.3, -0.25) is 0 Å². The Kier molecular flexibility index (Phi) is 3.76. The van der Waals surface area contributed by atoms with Crippen molar-refractivity contribution in [2.75, 3.05) is 6.26 Å². The van der Waals surface area contributed by atoms with Crippen molar-refractivity contribution >= 4 is 39.3 Å². The molecule has 0 unspecified atom stereocenters. The highest BCUT2D eigenvalue weighted by Gasteiger charge is 1.99. The molecule has 11 heavy (non-hydrogen) atoms. The van der Waals surface area contributed by atoms with Gasteiger partial charge in [0, 0.05) is 15.2 Å². The number of halogens is 2. The summed E-state index contributed by atoms with van der Waals surface area (Å²) < 4.78 is 0. The van der Waals surface area contributed by atoms with E-state index >= 15 is 0 Å². The number of benzene rings is 1. The molecule has 1 aromatic carbocycles. The van der Waals surface area contributed by atoms with E-state index in [1.54, 1.807) is 11.8 Å². The molecule has 0 bridgehead atoms. The Morgan fingerprint density at radius 1 is 1.55 bits per heavy atom. The summed E-state index contributed by atoms with van der Waals surface area (Å²) >= 11 is 11.0. The number of alkyl halides is 1. The van der Waals surface area contributed by atoms with Gasteiger partial charge in [0.1, 0.15) is 0 Å². The van der Waals surface area contributed by atoms with E-state index in [0.29, 0.717) is 0 Å². The zero-order valence-corrected chi connectivity index (χ0v) is 9.26. The van der Waals surface area contributed by atoms with Crippen molar-refractivity contribution in [3.8, 4) is 0 Å². The minimum Gasteiger partial charge on any atom is -0.129 e. The molecule has 0 aromatic heterocycles. The van der Waals surface area contributed by atoms with Crippen LogP contribution in [0.3, 0.4) is 0 Å². The smallest absolute Gasteiger partial charge is 0.0417 e. The standard InChI is InChI=1S/C8H8BrClS/c1-11-8-4-7(10)3-2-6(8)5-9/h2-4H,5H2,1H3. The second kappa shape index (κ2) is 4.39. The molecule has 0 atom stereocenters. The van der Waals surface area contributed by atoms with Gasteiger partial charge in [-0.05, 0) is 24.0 Å². The van der Waals surface area contributed by atoms with E-state index in [9.17, 15) is 0 Å². The van der Waals surface area contributed by atoms with Crippen LogP contribution in [-0.2, 0) is 5.33 Å². The van der Waals surface area contributed by atoms with Crippen molar-refractivity contribution < 1.29 is 0 Å². The molecule has 0 fully saturated rings. The van der Waals surface area contributed by atoms with E-state index in [4.69, 9.17) is 11.6 Å². The molecule has 0 aliphatic heterocycles. The summed E-state index contributed by atoms with van der Waals surface area (Å²) in [5.41, 5.74) is 1.29. The predicted molar refractivity (Wildman–Crippen MR) is 55.9 cm³/mol. The normalized spacial score (nSPS) is 10.1. The molecule has 0 amide bonds. The molecule has 1 rings (SSSR count). The molecule has 0 heterocycles. The van der Waals surface area contributed by atoms with Crippen LogP contribution in [0.5, 0.6) is 0 Å². The van der Waals surface area contributed by atoms with Gasteiger partial charge in [-0.2, -0.15) is 0 Å². The van der Waals surface area contributed by atoms with Crippen LogP contribution < -0.4 is 0 Å². The van der Waals surface area contributed by atoms with Gasteiger partial charge in [0.05, 0.1) is 0 Å². The Morgan fingerprint density at radius 2 is 2.27 bits per heavy atom. The van der Waals surface area contributed by atoms with Gasteiger partial charge in [-0.25, -0.2) is 0 Å². The third-order valence-electron chi connectivity index (χ3n) is 1.39. The molecule has 0 saturated heterocycles. The fraction of sp³-hybridized carbons (Fsp3) is 0.250. The van der Waals surface area contributed by atoms with Gasteiger partial charge < -0.3 is 0 Å². The Balaban J connectivity index is 3.06. The number of thioether (sulfide) groups is 1. The lowest BCUT2D eigenvalue weighted by atomic mass is 10.2. The van der Waals surface area contributed by atoms with Crippen LogP contribution in [0.15, 0.2) is 23.1 Å². The second-order valence-corrected chi connectivity index (χ2v) is 3.94. The van der Waals surface area contributed by atoms with Gasteiger partial charge in [0.25, 0.3) is 0 Å². The van der Waals surface area contributed by atoms with E-state index in [1.165, 1.54) is 10.5 Å². The molecular formula is C8H8BrClS. The highest BCUT2D eigenvalue weighted by atomic mass is 79.9. The monoisotopic (exact) mass is 250 g/mol. The topological polar surface area (TPSA) is 0 Å². The number of hydrogen-bond donors (Lipinski definition) is 0. The first-order valence-electron chi connectivity index (χ1n) is 3.16. The van der Waals surface area contributed by atoms with Gasteiger partial charge in [-0.15, -0.1) is 11.8 Å². The SMILES string of the molecule is CSc1cc(Cl)ccc1CBr. The summed E-state index contributed by atoms with van der Waals surface area (Å²) in [6.07, 6.45) is 2.05. The predicted octanol–water partition coefficient (Wildman–Crippen LogP) is 3.96. The molecule has 0 saturated carbocycles. The average Bonchev–Trinajstić information content (AvgIpc) is 2.04. The summed E-state index contributed by atoms with van der Waals surface area (Å²) in [6.45, 7) is 0. The Hall–Kier alpha value is 0.340. The van der Waals surface area contributed by atoms with Crippen molar-refractivity contribution in [1.82, 2.24) is 0 Å². The Bertz CT molecular complexity index is 250. The van der Waals surface area contributed by atoms with Gasteiger partial charge in [0.15, 0.2) is 0 Å². The average molecular weight is 252 g/mol. The van der Waals surface area contributed by atoms with Crippen LogP contribution in [0.2, 0.25) is 5.02 Å². The summed E-state index contributed by atoms with van der Waals surface area (Å²) in [7, 11) is 0. The van der Waals surface area contributed by atoms with Crippen LogP contribution in [0, 0.1) is 0 Å². The molecule has 0 N–H and O–H groups in total. The van der Waals surface area contributed by atoms with E-state index < -0.39 is 0 Å². The molecule has 1 aromatic rings. The van der Waals surface area contributed by atoms with Crippen LogP contribution in [0.1, 0.15) is 5.56 Å². The molecule has 0 aliphatic carbocycles. The number of hydrogen-bond acceptors (Lipinski definition) is 1. The maximum Gasteiger partial charge on any atom is 0.0417 e. The summed E-state index contributed by atoms with van der Waals surface area (Å²) in [5, 5.41) is 1.69. The molecule has 0 spiro atoms. The molecule has 3 heteroatoms. The third kappa shape index (κ3) is 2.39. The van der Waals surface area contributed by atoms with Crippen LogP contribution in [0.4, 0.5) is 0 Å². The number of rotatable bonds is 2. The lowest BCUT2D eigenvalue weighted by Gasteiger charge is -2.03. The van der Waals surface area contributed by atoms with Crippen molar-refractivity contribution in [3.63, 3.8) is 0 Å². The summed E-state index contributed by atoms with van der Waals surface area (Å²) in [6, 6.07) is 5.95. The minimum absolute atomic E-state index is 0.805. The summed E-state index contributed by atoms with van der Waals surface area (Å²) in [4.78, 5) is 1.24. The zero-order valence-electron chi connectivity index (χ0n) is 6.10. The highest BCUT2D eigenvalue weighted by molar-refractivity contribution is 9.08. The quantitative estimate of drug-likeness (QED) is 0.566. The zero-order chi connectivity index (χ0) is 8.27. The van der Waals surface area contributed by atoms with Crippen molar-refractivity contribution in [1.29, 1.82) is 0 Å². The van der Waals surface area contributed by atoms with Crippen molar-refractivity contribution in [2.45, 2.75) is 10.2 Å². The van der Waals surface area contributed by atoms with Crippen molar-refractivity contribution in [2.24, 2.45) is 0 Å². The first-order chi connectivity index (χ1) is 5.27. The van der Waals surface area contributed by atoms with E-state index in [2.05, 4.69) is 22.2 Å². The van der Waals surface area contributed by atoms with E-state index in [1.807, 2.05) is 18.2 Å². The Morgan fingerprint density at radius 3 is 2.82 bits per heavy atom. The van der Waals surface area contributed by atoms with E-state index in [0.717, 1.165) is 10.4 Å². The van der Waals surface area contributed by atoms with Gasteiger partial charge in [0.2, 0.25) is 0 Å². The van der Waals surface area contributed by atoms with Gasteiger partial charge in [-0.1, -0.05) is 33.6 Å². The first-order valence-corrected chi connectivity index (χ1v) is 5.88. The molecule has 0 aliphatic rings. The minimum atomic E-state index is 0.805. The summed E-state index contributed by atoms with van der Waals surface area (Å²) in [5.74, 6) is 0. The first kappa shape index (κ1) is 9.43. The fourth-order valence-electron chi connectivity index (χ4n) is 0.829. The highest BCUT2D eigenvalue weighted by Crippen LogP contribution is 2.25. The molecular weight excluding hydrogens is 244 g/mol. The second-order valence-electron chi connectivity index (χ2n) is 2.09. The van der Waals surface area contributed by atoms with Crippen LogP contribution in [0.25, 0.3) is 0 Å². The van der Waals surface area contributed by atoms with Gasteiger partial charge >= 0.3 is 0 Å². The molecule has 0 radical (unpaired) electrons. The third-order valence-corrected chi connectivity index (χ3v) is 3.05. The maximum absolute atomic E-state index is 5.82. The van der Waals surface area contributed by atoms with Crippen LogP contribution in [-0.4, -0.2) is 6.26 Å². The fourth-order valence-corrected chi connectivity index (χ4v) is 2.39. The lowest BCUT2D eigenvalue weighted by Crippen LogP contribution is -1.81. The van der Waals surface area contributed by atoms with Crippen LogP contribution >= 0.6 is 39.3 Å².